The fourth-order valence-electron chi connectivity index (χ4n) is 4.02. The van der Waals surface area contributed by atoms with Crippen molar-refractivity contribution in [2.45, 2.75) is 31.4 Å². The molecule has 1 saturated carbocycles. The van der Waals surface area contributed by atoms with Crippen molar-refractivity contribution in [2.24, 2.45) is 0 Å². The molecule has 11 heteroatoms. The molecule has 170 valence electrons. The number of amides is 2. The molecule has 2 aliphatic heterocycles. The molecular weight excluding hydrogens is 415 g/mol. The van der Waals surface area contributed by atoms with Gasteiger partial charge in [-0.3, -0.25) is 9.69 Å². The summed E-state index contributed by atoms with van der Waals surface area (Å²) < 4.78 is 44.6. The van der Waals surface area contributed by atoms with Gasteiger partial charge in [-0.2, -0.15) is 8.78 Å². The molecule has 0 bridgehead atoms. The fourth-order valence-corrected chi connectivity index (χ4v) is 4.02. The Hall–Kier alpha value is -2.53. The monoisotopic (exact) mass is 441 g/mol. The zero-order chi connectivity index (χ0) is 22.1. The van der Waals surface area contributed by atoms with Gasteiger partial charge in [0, 0.05) is 39.3 Å². The van der Waals surface area contributed by atoms with Gasteiger partial charge in [0.1, 0.15) is 11.9 Å². The largest absolute Gasteiger partial charge is 0.442 e. The zero-order valence-corrected chi connectivity index (χ0v) is 17.3. The number of likely N-dealkylation sites (N-methyl/N-ethyl adjacent to an activating group) is 1. The van der Waals surface area contributed by atoms with Crippen molar-refractivity contribution >= 4 is 23.4 Å². The van der Waals surface area contributed by atoms with Gasteiger partial charge in [0.15, 0.2) is 0 Å². The maximum absolute atomic E-state index is 15.0. The molecule has 1 aliphatic carbocycles. The van der Waals surface area contributed by atoms with E-state index >= 15 is 0 Å². The number of hydrogen-bond donors (Lipinski definition) is 1. The molecule has 1 aromatic rings. The number of carbonyl (C=O) groups is 2. The number of halogens is 3. The van der Waals surface area contributed by atoms with Crippen molar-refractivity contribution in [2.75, 3.05) is 56.1 Å². The van der Waals surface area contributed by atoms with E-state index in [1.807, 2.05) is 10.2 Å². The molecule has 1 N–H and O–H groups in total. The van der Waals surface area contributed by atoms with Crippen LogP contribution in [-0.4, -0.2) is 86.9 Å². The topological polar surface area (TPSA) is 68.4 Å². The predicted molar refractivity (Wildman–Crippen MR) is 108 cm³/mol. The van der Waals surface area contributed by atoms with Gasteiger partial charge < -0.3 is 15.0 Å². The maximum Gasteiger partial charge on any atom is 0.414 e. The van der Waals surface area contributed by atoms with E-state index in [0.29, 0.717) is 30.5 Å². The second-order valence-corrected chi connectivity index (χ2v) is 8.06. The first-order valence-corrected chi connectivity index (χ1v) is 10.4. The molecule has 2 saturated heterocycles. The molecule has 8 nitrogen and oxygen atoms in total. The lowest BCUT2D eigenvalue weighted by Crippen LogP contribution is -2.42. The predicted octanol–water partition coefficient (Wildman–Crippen LogP) is 1.66. The first-order chi connectivity index (χ1) is 14.8. The highest BCUT2D eigenvalue weighted by Gasteiger charge is 2.35. The summed E-state index contributed by atoms with van der Waals surface area (Å²) in [4.78, 5) is 26.4. The van der Waals surface area contributed by atoms with Gasteiger partial charge >= 0.3 is 12.5 Å². The van der Waals surface area contributed by atoms with Crippen molar-refractivity contribution in [3.63, 3.8) is 0 Å². The lowest BCUT2D eigenvalue weighted by atomic mass is 10.2. The van der Waals surface area contributed by atoms with E-state index in [2.05, 4.69) is 17.1 Å². The number of hydrazine groups is 1. The van der Waals surface area contributed by atoms with Gasteiger partial charge in [-0.1, -0.05) is 0 Å². The molecule has 0 spiro atoms. The van der Waals surface area contributed by atoms with Crippen molar-refractivity contribution in [3.05, 3.63) is 24.0 Å². The number of nitrogens with zero attached hydrogens (tertiary/aromatic N) is 4. The molecule has 0 unspecified atom stereocenters. The maximum atomic E-state index is 15.0. The van der Waals surface area contributed by atoms with Crippen LogP contribution in [0, 0.1) is 5.82 Å². The minimum Gasteiger partial charge on any atom is -0.442 e. The third kappa shape index (κ3) is 4.87. The van der Waals surface area contributed by atoms with Gasteiger partial charge in [-0.15, -0.1) is 0 Å². The smallest absolute Gasteiger partial charge is 0.414 e. The van der Waals surface area contributed by atoms with Gasteiger partial charge in [0.25, 0.3) is 5.91 Å². The summed E-state index contributed by atoms with van der Waals surface area (Å²) >= 11 is 0. The van der Waals surface area contributed by atoms with Crippen LogP contribution < -0.4 is 15.1 Å². The molecule has 2 heterocycles. The Morgan fingerprint density at radius 3 is 2.65 bits per heavy atom. The Labute approximate surface area is 178 Å². The van der Waals surface area contributed by atoms with Crippen LogP contribution in [0.1, 0.15) is 12.8 Å². The zero-order valence-electron chi connectivity index (χ0n) is 17.3. The number of ether oxygens (including phenoxy) is 1. The first kappa shape index (κ1) is 21.7. The molecule has 0 aromatic heterocycles. The molecule has 0 radical (unpaired) electrons. The molecule has 1 atom stereocenters. The minimum atomic E-state index is -3.13. The lowest BCUT2D eigenvalue weighted by molar-refractivity contribution is -0.132. The van der Waals surface area contributed by atoms with E-state index in [1.54, 1.807) is 12.1 Å². The van der Waals surface area contributed by atoms with Gasteiger partial charge in [0.05, 0.1) is 24.5 Å². The highest BCUT2D eigenvalue weighted by Crippen LogP contribution is 2.31. The third-order valence-electron chi connectivity index (χ3n) is 5.86. The number of cyclic esters (lactones) is 1. The highest BCUT2D eigenvalue weighted by atomic mass is 19.3. The summed E-state index contributed by atoms with van der Waals surface area (Å²) in [6.07, 6.45) is -2.23. The van der Waals surface area contributed by atoms with E-state index in [1.165, 1.54) is 23.8 Å². The van der Waals surface area contributed by atoms with Crippen LogP contribution in [0.4, 0.5) is 29.3 Å². The molecular formula is C20H26F3N5O3. The lowest BCUT2D eigenvalue weighted by Gasteiger charge is -2.29. The van der Waals surface area contributed by atoms with Crippen molar-refractivity contribution in [3.8, 4) is 0 Å². The van der Waals surface area contributed by atoms with E-state index in [0.717, 1.165) is 13.1 Å². The highest BCUT2D eigenvalue weighted by molar-refractivity contribution is 5.90. The Balaban J connectivity index is 1.39. The number of nitrogens with one attached hydrogen (secondary N) is 1. The van der Waals surface area contributed by atoms with E-state index in [9.17, 15) is 22.8 Å². The number of anilines is 2. The standard InChI is InChI=1S/C20H26F3N5O3/c1-25-6-7-26(8-9-28(25)13-2-3-13)17-5-4-14(10-16(17)21)27-12-15(31-20(27)30)11-24-19(29)18(22)23/h4-5,10,13,15,18H,2-3,6-9,11-12H2,1H3,(H,24,29)/t15-/m0/s1. The average molecular weight is 441 g/mol. The van der Waals surface area contributed by atoms with Gasteiger partial charge in [0.2, 0.25) is 0 Å². The summed E-state index contributed by atoms with van der Waals surface area (Å²) in [5.74, 6) is -1.87. The van der Waals surface area contributed by atoms with Crippen molar-refractivity contribution in [1.82, 2.24) is 15.3 Å². The van der Waals surface area contributed by atoms with Crippen LogP contribution in [0.25, 0.3) is 0 Å². The number of benzene rings is 1. The van der Waals surface area contributed by atoms with Crippen LogP contribution in [0.5, 0.6) is 0 Å². The van der Waals surface area contributed by atoms with E-state index in [4.69, 9.17) is 4.74 Å². The van der Waals surface area contributed by atoms with Crippen LogP contribution in [0.3, 0.4) is 0 Å². The molecule has 3 fully saturated rings. The summed E-state index contributed by atoms with van der Waals surface area (Å²) in [7, 11) is 2.06. The quantitative estimate of drug-likeness (QED) is 0.725. The van der Waals surface area contributed by atoms with Crippen LogP contribution in [0.2, 0.25) is 0 Å². The molecule has 3 aliphatic rings. The molecule has 1 aromatic carbocycles. The first-order valence-electron chi connectivity index (χ1n) is 10.4. The molecule has 31 heavy (non-hydrogen) atoms. The van der Waals surface area contributed by atoms with Crippen LogP contribution >= 0.6 is 0 Å². The Morgan fingerprint density at radius 2 is 1.97 bits per heavy atom. The average Bonchev–Trinajstić information content (AvgIpc) is 3.52. The normalized spacial score (nSPS) is 23.3. The minimum absolute atomic E-state index is 0.0337. The van der Waals surface area contributed by atoms with Gasteiger partial charge in [-0.25, -0.2) is 19.2 Å². The van der Waals surface area contributed by atoms with Crippen molar-refractivity contribution in [1.29, 1.82) is 0 Å². The van der Waals surface area contributed by atoms with E-state index in [-0.39, 0.29) is 13.1 Å². The molecule has 4 rings (SSSR count). The van der Waals surface area contributed by atoms with Crippen LogP contribution in [0.15, 0.2) is 18.2 Å². The van der Waals surface area contributed by atoms with Crippen LogP contribution in [-0.2, 0) is 9.53 Å². The summed E-state index contributed by atoms with van der Waals surface area (Å²) in [5, 5.41) is 6.58. The van der Waals surface area contributed by atoms with Crippen molar-refractivity contribution < 1.29 is 27.5 Å². The summed E-state index contributed by atoms with van der Waals surface area (Å²) in [6, 6.07) is 5.17. The number of hydrogen-bond acceptors (Lipinski definition) is 6. The Morgan fingerprint density at radius 1 is 1.23 bits per heavy atom. The second-order valence-electron chi connectivity index (χ2n) is 8.06. The Kier molecular flexibility index (Phi) is 6.24. The summed E-state index contributed by atoms with van der Waals surface area (Å²) in [5.41, 5.74) is 0.795. The SMILES string of the molecule is CN1CCN(c2ccc(N3C[C@H](CNC(=O)C(F)F)OC3=O)cc2F)CCN1C1CC1. The number of alkyl halides is 2. The molecule has 2 amide bonds. The second kappa shape index (κ2) is 8.91. The summed E-state index contributed by atoms with van der Waals surface area (Å²) in [6.45, 7) is 2.81. The fraction of sp³-hybridized carbons (Fsp3) is 0.600. The number of rotatable bonds is 6. The van der Waals surface area contributed by atoms with E-state index < -0.39 is 30.3 Å². The third-order valence-corrected chi connectivity index (χ3v) is 5.86. The number of carbonyl (C=O) groups excluding carboxylic acids is 2. The van der Waals surface area contributed by atoms with Gasteiger partial charge in [-0.05, 0) is 31.0 Å². The Bertz CT molecular complexity index is 838.